The van der Waals surface area contributed by atoms with Gasteiger partial charge in [0.05, 0.1) is 5.69 Å². The molecule has 82 valence electrons. The number of rotatable bonds is 1. The molecule has 1 saturated heterocycles. The number of hydrogen-bond donors (Lipinski definition) is 1. The van der Waals surface area contributed by atoms with E-state index in [0.29, 0.717) is 10.6 Å². The van der Waals surface area contributed by atoms with Crippen molar-refractivity contribution in [2.24, 2.45) is 0 Å². The first-order valence-electron chi connectivity index (χ1n) is 4.99. The molecule has 0 aliphatic carbocycles. The largest absolute Gasteiger partial charge is 0.397 e. The molecule has 1 aromatic rings. The van der Waals surface area contributed by atoms with E-state index < -0.39 is 0 Å². The number of thioether (sulfide) groups is 1. The quantitative estimate of drug-likeness (QED) is 0.818. The van der Waals surface area contributed by atoms with Crippen molar-refractivity contribution in [2.45, 2.75) is 6.42 Å². The Bertz CT molecular complexity index is 343. The van der Waals surface area contributed by atoms with Crippen molar-refractivity contribution in [1.82, 2.24) is 4.90 Å². The third-order valence-electron chi connectivity index (χ3n) is 2.40. The van der Waals surface area contributed by atoms with Crippen molar-refractivity contribution in [3.63, 3.8) is 0 Å². The molecule has 2 N–H and O–H groups in total. The minimum absolute atomic E-state index is 0.102. The van der Waals surface area contributed by atoms with Crippen LogP contribution < -0.4 is 5.73 Å². The lowest BCUT2D eigenvalue weighted by atomic mass is 10.3. The smallest absolute Gasteiger partial charge is 0.266 e. The molecule has 0 radical (unpaired) electrons. The number of nitrogens with zero attached hydrogens (tertiary/aromatic N) is 1. The molecule has 1 aromatic heterocycles. The van der Waals surface area contributed by atoms with E-state index >= 15 is 0 Å². The topological polar surface area (TPSA) is 46.3 Å². The Morgan fingerprint density at radius 2 is 2.27 bits per heavy atom. The fourth-order valence-electron chi connectivity index (χ4n) is 1.59. The fourth-order valence-corrected chi connectivity index (χ4v) is 3.26. The van der Waals surface area contributed by atoms with Crippen LogP contribution in [0.25, 0.3) is 0 Å². The van der Waals surface area contributed by atoms with Gasteiger partial charge in [-0.1, -0.05) is 0 Å². The van der Waals surface area contributed by atoms with E-state index in [1.54, 1.807) is 6.07 Å². The molecule has 0 saturated carbocycles. The van der Waals surface area contributed by atoms with Crippen LogP contribution in [0.1, 0.15) is 16.1 Å². The van der Waals surface area contributed by atoms with Crippen LogP contribution in [0, 0.1) is 0 Å². The SMILES string of the molecule is Nc1ccsc1C(=O)N1CCCSCC1. The van der Waals surface area contributed by atoms with Gasteiger partial charge in [0.25, 0.3) is 5.91 Å². The number of hydrogen-bond acceptors (Lipinski definition) is 4. The molecular formula is C10H14N2OS2. The molecule has 1 amide bonds. The molecule has 2 heterocycles. The van der Waals surface area contributed by atoms with Gasteiger partial charge in [0, 0.05) is 18.8 Å². The van der Waals surface area contributed by atoms with Crippen LogP contribution >= 0.6 is 23.1 Å². The number of thiophene rings is 1. The van der Waals surface area contributed by atoms with Gasteiger partial charge < -0.3 is 10.6 Å². The van der Waals surface area contributed by atoms with Crippen molar-refractivity contribution in [2.75, 3.05) is 30.3 Å². The summed E-state index contributed by atoms with van der Waals surface area (Å²) in [5, 5.41) is 1.87. The predicted octanol–water partition coefficient (Wildman–Crippen LogP) is 1.91. The minimum atomic E-state index is 0.102. The van der Waals surface area contributed by atoms with E-state index in [1.165, 1.54) is 11.3 Å². The number of amides is 1. The summed E-state index contributed by atoms with van der Waals surface area (Å²) < 4.78 is 0. The lowest BCUT2D eigenvalue weighted by Gasteiger charge is -2.19. The van der Waals surface area contributed by atoms with Gasteiger partial charge in [0.2, 0.25) is 0 Å². The highest BCUT2D eigenvalue weighted by molar-refractivity contribution is 7.99. The third kappa shape index (κ3) is 2.46. The molecule has 2 rings (SSSR count). The Morgan fingerprint density at radius 3 is 3.00 bits per heavy atom. The van der Waals surface area contributed by atoms with Crippen molar-refractivity contribution < 1.29 is 4.79 Å². The Labute approximate surface area is 97.6 Å². The summed E-state index contributed by atoms with van der Waals surface area (Å²) >= 11 is 3.35. The zero-order valence-electron chi connectivity index (χ0n) is 8.44. The van der Waals surface area contributed by atoms with Crippen LogP contribution in [-0.4, -0.2) is 35.4 Å². The van der Waals surface area contributed by atoms with Gasteiger partial charge in [-0.2, -0.15) is 11.8 Å². The van der Waals surface area contributed by atoms with E-state index in [9.17, 15) is 4.79 Å². The molecule has 3 nitrogen and oxygen atoms in total. The first kappa shape index (κ1) is 10.8. The van der Waals surface area contributed by atoms with Gasteiger partial charge in [-0.15, -0.1) is 11.3 Å². The first-order valence-corrected chi connectivity index (χ1v) is 7.02. The van der Waals surface area contributed by atoms with Crippen LogP contribution in [-0.2, 0) is 0 Å². The number of nitrogen functional groups attached to an aromatic ring is 1. The number of anilines is 1. The molecular weight excluding hydrogens is 228 g/mol. The van der Waals surface area contributed by atoms with Crippen LogP contribution in [0.2, 0.25) is 0 Å². The first-order chi connectivity index (χ1) is 7.29. The standard InChI is InChI=1S/C10H14N2OS2/c11-8-2-6-15-9(8)10(13)12-3-1-5-14-7-4-12/h2,6H,1,3-5,7,11H2. The second-order valence-electron chi connectivity index (χ2n) is 3.46. The average molecular weight is 242 g/mol. The summed E-state index contributed by atoms with van der Waals surface area (Å²) in [5.41, 5.74) is 6.36. The Hall–Kier alpha value is -0.680. The summed E-state index contributed by atoms with van der Waals surface area (Å²) in [5.74, 6) is 2.30. The number of nitrogens with two attached hydrogens (primary N) is 1. The van der Waals surface area contributed by atoms with E-state index in [2.05, 4.69) is 0 Å². The Balaban J connectivity index is 2.09. The fraction of sp³-hybridized carbons (Fsp3) is 0.500. The van der Waals surface area contributed by atoms with E-state index in [4.69, 9.17) is 5.73 Å². The second-order valence-corrected chi connectivity index (χ2v) is 5.60. The summed E-state index contributed by atoms with van der Waals surface area (Å²) in [6.45, 7) is 1.71. The lowest BCUT2D eigenvalue weighted by Crippen LogP contribution is -2.32. The number of carbonyl (C=O) groups is 1. The lowest BCUT2D eigenvalue weighted by molar-refractivity contribution is 0.0774. The molecule has 0 bridgehead atoms. The van der Waals surface area contributed by atoms with Gasteiger partial charge >= 0.3 is 0 Å². The van der Waals surface area contributed by atoms with Crippen molar-refractivity contribution in [3.05, 3.63) is 16.3 Å². The van der Waals surface area contributed by atoms with Gasteiger partial charge in [-0.3, -0.25) is 4.79 Å². The highest BCUT2D eigenvalue weighted by Crippen LogP contribution is 2.22. The van der Waals surface area contributed by atoms with Crippen LogP contribution in [0.3, 0.4) is 0 Å². The summed E-state index contributed by atoms with van der Waals surface area (Å²) in [4.78, 5) is 14.7. The van der Waals surface area contributed by atoms with Crippen LogP contribution in [0.4, 0.5) is 5.69 Å². The number of carbonyl (C=O) groups excluding carboxylic acids is 1. The van der Waals surface area contributed by atoms with Gasteiger partial charge in [-0.05, 0) is 23.6 Å². The van der Waals surface area contributed by atoms with Gasteiger partial charge in [-0.25, -0.2) is 0 Å². The molecule has 1 aliphatic rings. The molecule has 1 aliphatic heterocycles. The summed E-state index contributed by atoms with van der Waals surface area (Å²) in [7, 11) is 0. The van der Waals surface area contributed by atoms with E-state index in [-0.39, 0.29) is 5.91 Å². The minimum Gasteiger partial charge on any atom is -0.397 e. The normalized spacial score (nSPS) is 17.5. The maximum atomic E-state index is 12.1. The molecule has 0 aromatic carbocycles. The Kier molecular flexibility index (Phi) is 3.53. The maximum absolute atomic E-state index is 12.1. The molecule has 5 heteroatoms. The summed E-state index contributed by atoms with van der Waals surface area (Å²) in [6, 6.07) is 1.80. The van der Waals surface area contributed by atoms with Crippen LogP contribution in [0.15, 0.2) is 11.4 Å². The molecule has 0 unspecified atom stereocenters. The molecule has 0 spiro atoms. The van der Waals surface area contributed by atoms with Crippen LogP contribution in [0.5, 0.6) is 0 Å². The predicted molar refractivity (Wildman–Crippen MR) is 66.6 cm³/mol. The Morgan fingerprint density at radius 1 is 1.40 bits per heavy atom. The van der Waals surface area contributed by atoms with Crippen molar-refractivity contribution >= 4 is 34.7 Å². The van der Waals surface area contributed by atoms with E-state index in [1.807, 2.05) is 22.0 Å². The highest BCUT2D eigenvalue weighted by Gasteiger charge is 2.20. The van der Waals surface area contributed by atoms with Gasteiger partial charge in [0.15, 0.2) is 0 Å². The average Bonchev–Trinajstić information content (AvgIpc) is 2.53. The maximum Gasteiger partial charge on any atom is 0.266 e. The van der Waals surface area contributed by atoms with Crippen molar-refractivity contribution in [3.8, 4) is 0 Å². The highest BCUT2D eigenvalue weighted by atomic mass is 32.2. The van der Waals surface area contributed by atoms with E-state index in [0.717, 1.165) is 31.0 Å². The van der Waals surface area contributed by atoms with Crippen molar-refractivity contribution in [1.29, 1.82) is 0 Å². The second kappa shape index (κ2) is 4.90. The molecule has 15 heavy (non-hydrogen) atoms. The zero-order chi connectivity index (χ0) is 10.7. The monoisotopic (exact) mass is 242 g/mol. The zero-order valence-corrected chi connectivity index (χ0v) is 10.1. The van der Waals surface area contributed by atoms with Gasteiger partial charge in [0.1, 0.15) is 4.88 Å². The summed E-state index contributed by atoms with van der Waals surface area (Å²) in [6.07, 6.45) is 1.09. The molecule has 0 atom stereocenters. The third-order valence-corrected chi connectivity index (χ3v) is 4.37. The molecule has 1 fully saturated rings.